The van der Waals surface area contributed by atoms with Crippen LogP contribution in [0.2, 0.25) is 12.6 Å². The van der Waals surface area contributed by atoms with E-state index in [1.54, 1.807) is 0 Å². The maximum atomic E-state index is 5.66. The van der Waals surface area contributed by atoms with Crippen molar-refractivity contribution in [1.82, 2.24) is 0 Å². The van der Waals surface area contributed by atoms with Gasteiger partial charge in [-0.15, -0.1) is 0 Å². The van der Waals surface area contributed by atoms with Gasteiger partial charge in [-0.3, -0.25) is 0 Å². The van der Waals surface area contributed by atoms with Gasteiger partial charge in [-0.1, -0.05) is 39.0 Å². The van der Waals surface area contributed by atoms with Crippen molar-refractivity contribution >= 4 is 6.92 Å². The summed E-state index contributed by atoms with van der Waals surface area (Å²) in [6.45, 7) is 3.88. The largest absolute Gasteiger partial charge is 0.436 e. The zero-order chi connectivity index (χ0) is 8.65. The molecule has 0 saturated carbocycles. The lowest BCUT2D eigenvalue weighted by Crippen LogP contribution is -2.22. The Labute approximate surface area is 77.0 Å². The van der Waals surface area contributed by atoms with Gasteiger partial charge in [-0.25, -0.2) is 0 Å². The van der Waals surface area contributed by atoms with E-state index in [9.17, 15) is 0 Å². The Kier molecular flexibility index (Phi) is 5.50. The maximum Gasteiger partial charge on any atom is 0.293 e. The minimum absolute atomic E-state index is 0.607. The molecule has 0 aromatic heterocycles. The number of hydrogen-bond acceptors (Lipinski definition) is 1. The highest BCUT2D eigenvalue weighted by molar-refractivity contribution is 6.51. The summed E-state index contributed by atoms with van der Waals surface area (Å²) in [7, 11) is 0. The summed E-state index contributed by atoms with van der Waals surface area (Å²) in [4.78, 5) is 0. The molecule has 0 N–H and O–H groups in total. The molecule has 1 heterocycles. The molecule has 0 unspecified atom stereocenters. The quantitative estimate of drug-likeness (QED) is 0.451. The number of unbranched alkanes of at least 4 members (excludes halogenated alkanes) is 3. The van der Waals surface area contributed by atoms with Crippen LogP contribution >= 0.6 is 0 Å². The van der Waals surface area contributed by atoms with E-state index in [0.717, 1.165) is 6.61 Å². The van der Waals surface area contributed by atoms with Crippen LogP contribution in [0.1, 0.15) is 45.4 Å². The van der Waals surface area contributed by atoms with E-state index in [4.69, 9.17) is 4.65 Å². The van der Waals surface area contributed by atoms with Gasteiger partial charge in [0, 0.05) is 6.61 Å². The number of hydrogen-bond donors (Lipinski definition) is 0. The van der Waals surface area contributed by atoms with Crippen LogP contribution in [0.25, 0.3) is 0 Å². The zero-order valence-corrected chi connectivity index (χ0v) is 8.35. The van der Waals surface area contributed by atoms with Crippen molar-refractivity contribution in [2.45, 2.75) is 58.1 Å². The first-order valence-electron chi connectivity index (χ1n) is 5.55. The molecule has 0 radical (unpaired) electrons. The second-order valence-corrected chi connectivity index (χ2v) is 3.84. The van der Waals surface area contributed by atoms with Crippen LogP contribution in [-0.2, 0) is 4.65 Å². The van der Waals surface area contributed by atoms with Crippen molar-refractivity contribution in [3.63, 3.8) is 0 Å². The van der Waals surface area contributed by atoms with Crippen molar-refractivity contribution in [1.29, 1.82) is 0 Å². The molecule has 70 valence electrons. The lowest BCUT2D eigenvalue weighted by atomic mass is 9.58. The molecule has 0 amide bonds. The molecule has 2 heteroatoms. The summed E-state index contributed by atoms with van der Waals surface area (Å²) in [6.07, 6.45) is 10.8. The van der Waals surface area contributed by atoms with Gasteiger partial charge in [0.25, 0.3) is 6.92 Å². The van der Waals surface area contributed by atoms with E-state index in [1.807, 2.05) is 0 Å². The average Bonchev–Trinajstić information content (AvgIpc) is 2.14. The molecule has 0 aliphatic carbocycles. The van der Waals surface area contributed by atoms with Crippen molar-refractivity contribution in [2.75, 3.05) is 6.61 Å². The SMILES string of the molecule is CCCCCCB1CCCCO1. The molecule has 0 atom stereocenters. The first-order chi connectivity index (χ1) is 5.93. The molecule has 1 fully saturated rings. The third-order valence-electron chi connectivity index (χ3n) is 2.65. The molecule has 1 saturated heterocycles. The van der Waals surface area contributed by atoms with Crippen LogP contribution in [0.3, 0.4) is 0 Å². The average molecular weight is 168 g/mol. The van der Waals surface area contributed by atoms with Gasteiger partial charge in [-0.2, -0.15) is 0 Å². The third kappa shape index (κ3) is 4.15. The topological polar surface area (TPSA) is 9.23 Å². The Balaban J connectivity index is 1.91. The Morgan fingerprint density at radius 2 is 2.08 bits per heavy atom. The second-order valence-electron chi connectivity index (χ2n) is 3.84. The van der Waals surface area contributed by atoms with E-state index in [0.29, 0.717) is 6.92 Å². The van der Waals surface area contributed by atoms with E-state index in [-0.39, 0.29) is 0 Å². The fourth-order valence-electron chi connectivity index (χ4n) is 1.83. The Hall–Kier alpha value is 0.0249. The van der Waals surface area contributed by atoms with Crippen molar-refractivity contribution in [3.8, 4) is 0 Å². The summed E-state index contributed by atoms with van der Waals surface area (Å²) >= 11 is 0. The van der Waals surface area contributed by atoms with Crippen molar-refractivity contribution in [3.05, 3.63) is 0 Å². The minimum Gasteiger partial charge on any atom is -0.436 e. The molecule has 0 aromatic carbocycles. The van der Waals surface area contributed by atoms with Gasteiger partial charge in [-0.05, 0) is 19.1 Å². The predicted molar refractivity (Wildman–Crippen MR) is 54.7 cm³/mol. The van der Waals surface area contributed by atoms with Crippen LogP contribution in [0.5, 0.6) is 0 Å². The molecule has 1 nitrogen and oxygen atoms in total. The summed E-state index contributed by atoms with van der Waals surface area (Å²) in [5, 5.41) is 0. The van der Waals surface area contributed by atoms with Gasteiger partial charge >= 0.3 is 0 Å². The predicted octanol–water partition coefficient (Wildman–Crippen LogP) is 3.37. The standard InChI is InChI=1S/C10H21BO/c1-2-3-4-5-8-11-9-6-7-10-12-11/h2-10H2,1H3. The zero-order valence-electron chi connectivity index (χ0n) is 8.35. The molecular weight excluding hydrogens is 147 g/mol. The minimum atomic E-state index is 0.607. The van der Waals surface area contributed by atoms with Crippen molar-refractivity contribution in [2.24, 2.45) is 0 Å². The highest BCUT2D eigenvalue weighted by Crippen LogP contribution is 2.16. The lowest BCUT2D eigenvalue weighted by Gasteiger charge is -2.18. The smallest absolute Gasteiger partial charge is 0.293 e. The highest BCUT2D eigenvalue weighted by Gasteiger charge is 2.17. The first-order valence-corrected chi connectivity index (χ1v) is 5.55. The molecule has 0 spiro atoms. The Bertz CT molecular complexity index is 100. The molecule has 12 heavy (non-hydrogen) atoms. The lowest BCUT2D eigenvalue weighted by molar-refractivity contribution is 0.285. The van der Waals surface area contributed by atoms with E-state index in [2.05, 4.69) is 6.92 Å². The second kappa shape index (κ2) is 6.53. The fourth-order valence-corrected chi connectivity index (χ4v) is 1.83. The normalized spacial score (nSPS) is 18.2. The van der Waals surface area contributed by atoms with Gasteiger partial charge in [0.2, 0.25) is 0 Å². The summed E-state index contributed by atoms with van der Waals surface area (Å²) in [5.74, 6) is 0. The molecule has 1 rings (SSSR count). The fraction of sp³-hybridized carbons (Fsp3) is 1.00. The molecule has 0 aromatic rings. The summed E-state index contributed by atoms with van der Waals surface area (Å²) in [5.41, 5.74) is 0. The third-order valence-corrected chi connectivity index (χ3v) is 2.65. The molecular formula is C10H21BO. The molecule has 0 bridgehead atoms. The van der Waals surface area contributed by atoms with Crippen LogP contribution in [0.15, 0.2) is 0 Å². The monoisotopic (exact) mass is 168 g/mol. The van der Waals surface area contributed by atoms with Crippen molar-refractivity contribution < 1.29 is 4.65 Å². The Morgan fingerprint density at radius 3 is 2.75 bits per heavy atom. The van der Waals surface area contributed by atoms with Gasteiger partial charge in [0.05, 0.1) is 0 Å². The van der Waals surface area contributed by atoms with Gasteiger partial charge in [0.15, 0.2) is 0 Å². The van der Waals surface area contributed by atoms with E-state index in [1.165, 1.54) is 51.2 Å². The van der Waals surface area contributed by atoms with Crippen LogP contribution in [0.4, 0.5) is 0 Å². The van der Waals surface area contributed by atoms with Gasteiger partial charge < -0.3 is 4.65 Å². The molecule has 1 aliphatic heterocycles. The first kappa shape index (κ1) is 10.1. The van der Waals surface area contributed by atoms with Crippen LogP contribution in [-0.4, -0.2) is 13.5 Å². The summed E-state index contributed by atoms with van der Waals surface area (Å²) in [6, 6.07) is 0. The number of rotatable bonds is 5. The maximum absolute atomic E-state index is 5.66. The highest BCUT2D eigenvalue weighted by atomic mass is 16.4. The van der Waals surface area contributed by atoms with Crippen LogP contribution < -0.4 is 0 Å². The van der Waals surface area contributed by atoms with Crippen LogP contribution in [0, 0.1) is 0 Å². The molecule has 1 aliphatic rings. The Morgan fingerprint density at radius 1 is 1.17 bits per heavy atom. The van der Waals surface area contributed by atoms with E-state index >= 15 is 0 Å². The van der Waals surface area contributed by atoms with E-state index < -0.39 is 0 Å². The summed E-state index contributed by atoms with van der Waals surface area (Å²) < 4.78 is 5.66. The van der Waals surface area contributed by atoms with Gasteiger partial charge in [0.1, 0.15) is 0 Å².